The van der Waals surface area contributed by atoms with E-state index in [2.05, 4.69) is 5.32 Å². The van der Waals surface area contributed by atoms with Gasteiger partial charge in [0.05, 0.1) is 6.61 Å². The molecule has 1 N–H and O–H groups in total. The molecule has 0 aromatic rings. The molecule has 2 saturated heterocycles. The molecule has 104 valence electrons. The van der Waals surface area contributed by atoms with Crippen LogP contribution >= 0.6 is 0 Å². The third-order valence-corrected chi connectivity index (χ3v) is 5.69. The molecular weight excluding hydrogens is 256 g/mol. The molecule has 2 heterocycles. The van der Waals surface area contributed by atoms with Gasteiger partial charge in [0.2, 0.25) is 10.0 Å². The normalized spacial score (nSPS) is 31.6. The van der Waals surface area contributed by atoms with E-state index in [4.69, 9.17) is 4.74 Å². The third-order valence-electron chi connectivity index (χ3n) is 3.50. The molecule has 2 aliphatic heterocycles. The highest BCUT2D eigenvalue weighted by molar-refractivity contribution is 7.90. The molecule has 2 fully saturated rings. The highest BCUT2D eigenvalue weighted by Crippen LogP contribution is 2.24. The van der Waals surface area contributed by atoms with E-state index in [1.807, 2.05) is 0 Å². The van der Waals surface area contributed by atoms with E-state index in [0.717, 1.165) is 19.4 Å². The van der Waals surface area contributed by atoms with Gasteiger partial charge >= 0.3 is 5.97 Å². The van der Waals surface area contributed by atoms with Gasteiger partial charge in [-0.15, -0.1) is 0 Å². The highest BCUT2D eigenvalue weighted by Gasteiger charge is 2.45. The molecule has 0 spiro atoms. The van der Waals surface area contributed by atoms with Crippen molar-refractivity contribution in [2.75, 3.05) is 26.2 Å². The number of hydrogen-bond donors (Lipinski definition) is 1. The van der Waals surface area contributed by atoms with Crippen molar-refractivity contribution in [3.8, 4) is 0 Å². The first-order valence-electron chi connectivity index (χ1n) is 6.44. The van der Waals surface area contributed by atoms with Crippen LogP contribution in [-0.4, -0.2) is 56.2 Å². The van der Waals surface area contributed by atoms with Crippen molar-refractivity contribution in [3.63, 3.8) is 0 Å². The van der Waals surface area contributed by atoms with Gasteiger partial charge in [-0.2, -0.15) is 4.31 Å². The highest BCUT2D eigenvalue weighted by atomic mass is 32.2. The van der Waals surface area contributed by atoms with Crippen molar-refractivity contribution >= 4 is 16.0 Å². The Morgan fingerprint density at radius 2 is 2.22 bits per heavy atom. The van der Waals surface area contributed by atoms with Crippen molar-refractivity contribution < 1.29 is 17.9 Å². The summed E-state index contributed by atoms with van der Waals surface area (Å²) in [5, 5.41) is 2.27. The SMILES string of the molecule is CCOC(=O)C1CCN(CC2CCCN2)S1(=O)=O. The lowest BCUT2D eigenvalue weighted by Crippen LogP contribution is -2.41. The van der Waals surface area contributed by atoms with Gasteiger partial charge < -0.3 is 10.1 Å². The van der Waals surface area contributed by atoms with Crippen molar-refractivity contribution in [3.05, 3.63) is 0 Å². The largest absolute Gasteiger partial charge is 0.465 e. The van der Waals surface area contributed by atoms with Crippen LogP contribution in [0.15, 0.2) is 0 Å². The number of carbonyl (C=O) groups excluding carboxylic acids is 1. The van der Waals surface area contributed by atoms with E-state index in [9.17, 15) is 13.2 Å². The lowest BCUT2D eigenvalue weighted by molar-refractivity contribution is -0.142. The third kappa shape index (κ3) is 2.67. The zero-order chi connectivity index (χ0) is 13.2. The molecule has 6 nitrogen and oxygen atoms in total. The van der Waals surface area contributed by atoms with Gasteiger partial charge in [-0.1, -0.05) is 0 Å². The van der Waals surface area contributed by atoms with E-state index >= 15 is 0 Å². The smallest absolute Gasteiger partial charge is 0.325 e. The average Bonchev–Trinajstić information content (AvgIpc) is 2.89. The fourth-order valence-corrected chi connectivity index (χ4v) is 4.37. The Bertz CT molecular complexity index is 403. The van der Waals surface area contributed by atoms with Crippen LogP contribution in [0, 0.1) is 0 Å². The van der Waals surface area contributed by atoms with Crippen LogP contribution in [0.1, 0.15) is 26.2 Å². The van der Waals surface area contributed by atoms with Crippen LogP contribution in [0.25, 0.3) is 0 Å². The summed E-state index contributed by atoms with van der Waals surface area (Å²) in [6.45, 7) is 3.73. The van der Waals surface area contributed by atoms with Crippen LogP contribution in [0.2, 0.25) is 0 Å². The maximum Gasteiger partial charge on any atom is 0.325 e. The minimum absolute atomic E-state index is 0.217. The lowest BCUT2D eigenvalue weighted by Gasteiger charge is -2.20. The van der Waals surface area contributed by atoms with Gasteiger partial charge in [-0.05, 0) is 32.7 Å². The number of sulfonamides is 1. The molecule has 0 radical (unpaired) electrons. The first-order chi connectivity index (χ1) is 8.55. The topological polar surface area (TPSA) is 75.7 Å². The molecule has 0 saturated carbocycles. The first-order valence-corrected chi connectivity index (χ1v) is 7.95. The molecule has 2 aliphatic rings. The summed E-state index contributed by atoms with van der Waals surface area (Å²) in [4.78, 5) is 11.6. The molecule has 2 atom stereocenters. The minimum atomic E-state index is -3.52. The quantitative estimate of drug-likeness (QED) is 0.714. The molecule has 2 rings (SSSR count). The molecule has 7 heteroatoms. The second-order valence-electron chi connectivity index (χ2n) is 4.73. The van der Waals surface area contributed by atoms with Crippen LogP contribution < -0.4 is 5.32 Å². The van der Waals surface area contributed by atoms with Gasteiger partial charge in [-0.3, -0.25) is 4.79 Å². The zero-order valence-corrected chi connectivity index (χ0v) is 11.4. The fraction of sp³-hybridized carbons (Fsp3) is 0.909. The van der Waals surface area contributed by atoms with E-state index < -0.39 is 21.2 Å². The molecule has 0 aromatic carbocycles. The van der Waals surface area contributed by atoms with Crippen molar-refractivity contribution in [1.82, 2.24) is 9.62 Å². The number of nitrogens with zero attached hydrogens (tertiary/aromatic N) is 1. The van der Waals surface area contributed by atoms with Crippen LogP contribution in [0.4, 0.5) is 0 Å². The van der Waals surface area contributed by atoms with Crippen molar-refractivity contribution in [2.45, 2.75) is 37.5 Å². The number of nitrogens with one attached hydrogen (secondary N) is 1. The summed E-state index contributed by atoms with van der Waals surface area (Å²) in [7, 11) is -3.52. The number of ether oxygens (including phenoxy) is 1. The summed E-state index contributed by atoms with van der Waals surface area (Å²) < 4.78 is 30.6. The predicted octanol–water partition coefficient (Wildman–Crippen LogP) is -0.294. The monoisotopic (exact) mass is 276 g/mol. The Kier molecular flexibility index (Phi) is 4.24. The maximum absolute atomic E-state index is 12.2. The van der Waals surface area contributed by atoms with Gasteiger partial charge in [0.1, 0.15) is 0 Å². The molecule has 0 aliphatic carbocycles. The molecule has 0 amide bonds. The molecule has 2 unspecified atom stereocenters. The summed E-state index contributed by atoms with van der Waals surface area (Å²) in [6, 6.07) is 0.223. The Labute approximate surface area is 108 Å². The minimum Gasteiger partial charge on any atom is -0.465 e. The van der Waals surface area contributed by atoms with E-state index in [1.165, 1.54) is 4.31 Å². The van der Waals surface area contributed by atoms with Crippen LogP contribution in [-0.2, 0) is 19.6 Å². The van der Waals surface area contributed by atoms with Crippen molar-refractivity contribution in [2.24, 2.45) is 0 Å². The van der Waals surface area contributed by atoms with Gasteiger partial charge in [-0.25, -0.2) is 8.42 Å². The second-order valence-corrected chi connectivity index (χ2v) is 6.84. The van der Waals surface area contributed by atoms with E-state index in [-0.39, 0.29) is 12.6 Å². The first kappa shape index (κ1) is 13.8. The Morgan fingerprint density at radius 1 is 1.44 bits per heavy atom. The Hall–Kier alpha value is -0.660. The maximum atomic E-state index is 12.2. The Balaban J connectivity index is 2.00. The second kappa shape index (κ2) is 5.54. The average molecular weight is 276 g/mol. The number of esters is 1. The summed E-state index contributed by atoms with van der Waals surface area (Å²) in [5.41, 5.74) is 0. The standard InChI is InChI=1S/C11H20N2O4S/c1-2-17-11(14)10-5-7-13(18(10,15)16)8-9-4-3-6-12-9/h9-10,12H,2-8H2,1H3. The van der Waals surface area contributed by atoms with Gasteiger partial charge in [0.25, 0.3) is 0 Å². The van der Waals surface area contributed by atoms with Crippen LogP contribution in [0.5, 0.6) is 0 Å². The molecular formula is C11H20N2O4S. The lowest BCUT2D eigenvalue weighted by atomic mass is 10.2. The Morgan fingerprint density at radius 3 is 2.83 bits per heavy atom. The van der Waals surface area contributed by atoms with Crippen LogP contribution in [0.3, 0.4) is 0 Å². The molecule has 18 heavy (non-hydrogen) atoms. The zero-order valence-electron chi connectivity index (χ0n) is 10.6. The van der Waals surface area contributed by atoms with E-state index in [0.29, 0.717) is 19.5 Å². The fourth-order valence-electron chi connectivity index (χ4n) is 2.55. The van der Waals surface area contributed by atoms with Gasteiger partial charge in [0, 0.05) is 19.1 Å². The van der Waals surface area contributed by atoms with E-state index in [1.54, 1.807) is 6.92 Å². The number of hydrogen-bond acceptors (Lipinski definition) is 5. The number of rotatable bonds is 4. The summed E-state index contributed by atoms with van der Waals surface area (Å²) in [6.07, 6.45) is 2.42. The summed E-state index contributed by atoms with van der Waals surface area (Å²) >= 11 is 0. The van der Waals surface area contributed by atoms with Gasteiger partial charge in [0.15, 0.2) is 5.25 Å². The summed E-state index contributed by atoms with van der Waals surface area (Å²) in [5.74, 6) is -0.612. The molecule has 0 aromatic heterocycles. The predicted molar refractivity (Wildman–Crippen MR) is 66.6 cm³/mol. The molecule has 0 bridgehead atoms. The number of carbonyl (C=O) groups is 1. The van der Waals surface area contributed by atoms with Crippen molar-refractivity contribution in [1.29, 1.82) is 0 Å².